The molecule has 0 saturated carbocycles. The number of hydrogen-bond donors (Lipinski definition) is 0. The first-order valence-electron chi connectivity index (χ1n) is 5.27. The van der Waals surface area contributed by atoms with Gasteiger partial charge in [0.1, 0.15) is 13.1 Å². The third-order valence-corrected chi connectivity index (χ3v) is 2.27. The van der Waals surface area contributed by atoms with Gasteiger partial charge in [0.15, 0.2) is 5.69 Å². The van der Waals surface area contributed by atoms with Crippen LogP contribution in [0.5, 0.6) is 0 Å². The maximum absolute atomic E-state index is 11.4. The fourth-order valence-electron chi connectivity index (χ4n) is 1.41. The van der Waals surface area contributed by atoms with Crippen molar-refractivity contribution in [3.63, 3.8) is 0 Å². The van der Waals surface area contributed by atoms with Crippen LogP contribution in [0.2, 0.25) is 0 Å². The van der Waals surface area contributed by atoms with Gasteiger partial charge in [-0.15, -0.1) is 0 Å². The summed E-state index contributed by atoms with van der Waals surface area (Å²) in [6.45, 7) is -0.544. The summed E-state index contributed by atoms with van der Waals surface area (Å²) in [5, 5.41) is 28.3. The zero-order chi connectivity index (χ0) is 15.1. The second kappa shape index (κ2) is 6.66. The first kappa shape index (κ1) is 14.9. The Balaban J connectivity index is 3.38. The molecule has 0 radical (unpaired) electrons. The molecule has 1 rings (SSSR count). The molecule has 9 nitrogen and oxygen atoms in total. The minimum atomic E-state index is -0.769. The number of hydrogen-bond acceptors (Lipinski definition) is 8. The molecule has 0 saturated heterocycles. The lowest BCUT2D eigenvalue weighted by Crippen LogP contribution is -2.26. The fourth-order valence-corrected chi connectivity index (χ4v) is 1.41. The summed E-state index contributed by atoms with van der Waals surface area (Å²) >= 11 is 0. The van der Waals surface area contributed by atoms with Crippen LogP contribution in [0.3, 0.4) is 0 Å². The number of nitrogens with zero attached hydrogens (tertiary/aromatic N) is 5. The molecule has 0 fully saturated rings. The van der Waals surface area contributed by atoms with Crippen LogP contribution in [0.1, 0.15) is 10.5 Å². The molecule has 0 amide bonds. The van der Waals surface area contributed by atoms with Gasteiger partial charge >= 0.3 is 11.7 Å². The highest BCUT2D eigenvalue weighted by molar-refractivity contribution is 5.88. The third kappa shape index (κ3) is 3.17. The number of aromatic nitrogens is 1. The normalized spacial score (nSPS) is 9.15. The van der Waals surface area contributed by atoms with Crippen LogP contribution < -0.4 is 4.90 Å². The van der Waals surface area contributed by atoms with Crippen molar-refractivity contribution in [3.8, 4) is 12.1 Å². The lowest BCUT2D eigenvalue weighted by molar-refractivity contribution is -0.384. The van der Waals surface area contributed by atoms with Gasteiger partial charge in [0, 0.05) is 6.07 Å². The lowest BCUT2D eigenvalue weighted by atomic mass is 10.3. The number of nitriles is 2. The monoisotopic (exact) mass is 275 g/mol. The van der Waals surface area contributed by atoms with Crippen LogP contribution in [0.25, 0.3) is 0 Å². The molecule has 0 N–H and O–H groups in total. The zero-order valence-corrected chi connectivity index (χ0v) is 10.4. The van der Waals surface area contributed by atoms with E-state index in [9.17, 15) is 14.9 Å². The van der Waals surface area contributed by atoms with Crippen molar-refractivity contribution in [2.45, 2.75) is 0 Å². The number of anilines is 1. The highest BCUT2D eigenvalue weighted by Crippen LogP contribution is 2.26. The Morgan fingerprint density at radius 3 is 2.50 bits per heavy atom. The van der Waals surface area contributed by atoms with Crippen molar-refractivity contribution in [1.82, 2.24) is 4.98 Å². The van der Waals surface area contributed by atoms with Gasteiger partial charge in [0.25, 0.3) is 0 Å². The standard InChI is InChI=1S/C11H9N5O4/c1-20-11(17)8-2-3-9(16(18)19)10(14-8)15(6-4-12)7-5-13/h2-3H,6-7H2,1H3. The molecule has 0 aliphatic carbocycles. The zero-order valence-electron chi connectivity index (χ0n) is 10.4. The molecule has 0 bridgehead atoms. The van der Waals surface area contributed by atoms with Gasteiger partial charge in [-0.1, -0.05) is 0 Å². The van der Waals surface area contributed by atoms with Crippen LogP contribution in [0.4, 0.5) is 11.5 Å². The van der Waals surface area contributed by atoms with Gasteiger partial charge in [-0.2, -0.15) is 10.5 Å². The van der Waals surface area contributed by atoms with E-state index in [4.69, 9.17) is 10.5 Å². The molecule has 0 spiro atoms. The summed E-state index contributed by atoms with van der Waals surface area (Å²) in [5.41, 5.74) is -0.544. The van der Waals surface area contributed by atoms with E-state index in [2.05, 4.69) is 9.72 Å². The van der Waals surface area contributed by atoms with Crippen LogP contribution in [0, 0.1) is 32.8 Å². The van der Waals surface area contributed by atoms with E-state index in [1.54, 1.807) is 12.1 Å². The van der Waals surface area contributed by atoms with E-state index in [1.165, 1.54) is 0 Å². The minimum absolute atomic E-state index is 0.144. The molecule has 20 heavy (non-hydrogen) atoms. The Bertz CT molecular complexity index is 600. The van der Waals surface area contributed by atoms with Crippen molar-refractivity contribution in [3.05, 3.63) is 27.9 Å². The summed E-state index contributed by atoms with van der Waals surface area (Å²) in [5.74, 6) is -0.990. The molecule has 0 aromatic carbocycles. The second-order valence-electron chi connectivity index (χ2n) is 3.46. The molecule has 1 heterocycles. The third-order valence-electron chi connectivity index (χ3n) is 2.27. The second-order valence-corrected chi connectivity index (χ2v) is 3.46. The molecular formula is C11H9N5O4. The number of rotatable bonds is 5. The van der Waals surface area contributed by atoms with E-state index >= 15 is 0 Å². The van der Waals surface area contributed by atoms with Crippen molar-refractivity contribution >= 4 is 17.5 Å². The van der Waals surface area contributed by atoms with E-state index in [0.29, 0.717) is 0 Å². The van der Waals surface area contributed by atoms with E-state index in [1.807, 2.05) is 0 Å². The average Bonchev–Trinajstić information content (AvgIpc) is 2.45. The highest BCUT2D eigenvalue weighted by atomic mass is 16.6. The Hall–Kier alpha value is -3.20. The van der Waals surface area contributed by atoms with E-state index in [-0.39, 0.29) is 24.6 Å². The molecule has 1 aromatic heterocycles. The van der Waals surface area contributed by atoms with Crippen molar-refractivity contribution < 1.29 is 14.5 Å². The minimum Gasteiger partial charge on any atom is -0.464 e. The van der Waals surface area contributed by atoms with Gasteiger partial charge in [-0.3, -0.25) is 10.1 Å². The number of carbonyl (C=O) groups is 1. The molecule has 0 aliphatic rings. The summed E-state index contributed by atoms with van der Waals surface area (Å²) in [6.07, 6.45) is 0. The summed E-state index contributed by atoms with van der Waals surface area (Å²) in [6, 6.07) is 5.77. The molecule has 0 unspecified atom stereocenters. The number of methoxy groups -OCH3 is 1. The van der Waals surface area contributed by atoms with Gasteiger partial charge in [-0.25, -0.2) is 9.78 Å². The molecule has 0 atom stereocenters. The first-order valence-corrected chi connectivity index (χ1v) is 5.27. The van der Waals surface area contributed by atoms with Crippen molar-refractivity contribution in [2.75, 3.05) is 25.1 Å². The van der Waals surface area contributed by atoms with E-state index < -0.39 is 16.6 Å². The molecule has 9 heteroatoms. The molecule has 0 aliphatic heterocycles. The van der Waals surface area contributed by atoms with Crippen LogP contribution >= 0.6 is 0 Å². The van der Waals surface area contributed by atoms with Crippen LogP contribution in [-0.4, -0.2) is 36.1 Å². The number of esters is 1. The van der Waals surface area contributed by atoms with Gasteiger partial charge in [0.05, 0.1) is 24.2 Å². The Kier molecular flexibility index (Phi) is 4.95. The van der Waals surface area contributed by atoms with Gasteiger partial charge < -0.3 is 9.64 Å². The summed E-state index contributed by atoms with van der Waals surface area (Å²) in [4.78, 5) is 26.5. The maximum atomic E-state index is 11.4. The Morgan fingerprint density at radius 2 is 2.05 bits per heavy atom. The smallest absolute Gasteiger partial charge is 0.356 e. The molecule has 102 valence electrons. The van der Waals surface area contributed by atoms with Crippen LogP contribution in [-0.2, 0) is 4.74 Å². The summed E-state index contributed by atoms with van der Waals surface area (Å²) in [7, 11) is 1.15. The quantitative estimate of drug-likeness (QED) is 0.330. The molecular weight excluding hydrogens is 266 g/mol. The number of nitro groups is 1. The van der Waals surface area contributed by atoms with Crippen LogP contribution in [0.15, 0.2) is 12.1 Å². The first-order chi connectivity index (χ1) is 9.54. The van der Waals surface area contributed by atoms with E-state index in [0.717, 1.165) is 24.1 Å². The lowest BCUT2D eigenvalue weighted by Gasteiger charge is -2.16. The SMILES string of the molecule is COC(=O)c1ccc([N+](=O)[O-])c(N(CC#N)CC#N)n1. The average molecular weight is 275 g/mol. The van der Waals surface area contributed by atoms with Gasteiger partial charge in [-0.05, 0) is 6.07 Å². The topological polar surface area (TPSA) is 133 Å². The maximum Gasteiger partial charge on any atom is 0.356 e. The Labute approximate surface area is 113 Å². The summed E-state index contributed by atoms with van der Waals surface area (Å²) < 4.78 is 4.47. The van der Waals surface area contributed by atoms with Gasteiger partial charge in [0.2, 0.25) is 5.82 Å². The number of carbonyl (C=O) groups excluding carboxylic acids is 1. The number of ether oxygens (including phenoxy) is 1. The Morgan fingerprint density at radius 1 is 1.45 bits per heavy atom. The highest BCUT2D eigenvalue weighted by Gasteiger charge is 2.23. The molecule has 1 aromatic rings. The predicted octanol–water partition coefficient (Wildman–Crippen LogP) is 0.630. The fraction of sp³-hybridized carbons (Fsp3) is 0.273. The van der Waals surface area contributed by atoms with Crippen molar-refractivity contribution in [2.24, 2.45) is 0 Å². The van der Waals surface area contributed by atoms with Crippen molar-refractivity contribution in [1.29, 1.82) is 10.5 Å². The predicted molar refractivity (Wildman–Crippen MR) is 65.7 cm³/mol. The largest absolute Gasteiger partial charge is 0.464 e. The number of pyridine rings is 1.